The lowest BCUT2D eigenvalue weighted by molar-refractivity contribution is -0.142. The van der Waals surface area contributed by atoms with E-state index in [0.717, 1.165) is 26.1 Å². The predicted octanol–water partition coefficient (Wildman–Crippen LogP) is 0.260. The van der Waals surface area contributed by atoms with E-state index in [1.165, 1.54) is 0 Å². The summed E-state index contributed by atoms with van der Waals surface area (Å²) >= 11 is 0. The van der Waals surface area contributed by atoms with Crippen LogP contribution in [0.15, 0.2) is 0 Å². The average molecular weight is 240 g/mol. The molecule has 1 aliphatic heterocycles. The fraction of sp³-hybridized carbons (Fsp3) is 0.833. The Hall–Kier alpha value is -1.10. The fourth-order valence-corrected chi connectivity index (χ4v) is 2.65. The molecule has 1 saturated heterocycles. The maximum absolute atomic E-state index is 12.2. The van der Waals surface area contributed by atoms with E-state index in [1.807, 2.05) is 11.8 Å². The highest BCUT2D eigenvalue weighted by Gasteiger charge is 2.50. The topological polar surface area (TPSA) is 60.9 Å². The molecule has 0 aromatic heterocycles. The Morgan fingerprint density at radius 3 is 2.53 bits per heavy atom. The van der Waals surface area contributed by atoms with Crippen molar-refractivity contribution < 1.29 is 14.7 Å². The Morgan fingerprint density at radius 2 is 1.94 bits per heavy atom. The number of carbonyl (C=O) groups is 2. The van der Waals surface area contributed by atoms with Gasteiger partial charge in [0.05, 0.1) is 11.8 Å². The van der Waals surface area contributed by atoms with Crippen LogP contribution in [0.3, 0.4) is 0 Å². The maximum Gasteiger partial charge on any atom is 0.307 e. The normalized spacial score (nSPS) is 34.2. The van der Waals surface area contributed by atoms with Gasteiger partial charge in [0.25, 0.3) is 0 Å². The van der Waals surface area contributed by atoms with Crippen molar-refractivity contribution in [2.24, 2.45) is 11.8 Å². The molecule has 1 amide bonds. The first-order valence-electron chi connectivity index (χ1n) is 6.22. The summed E-state index contributed by atoms with van der Waals surface area (Å²) in [7, 11) is 2.06. The number of nitrogens with zero attached hydrogens (tertiary/aromatic N) is 2. The van der Waals surface area contributed by atoms with Crippen molar-refractivity contribution in [1.82, 2.24) is 9.80 Å². The minimum absolute atomic E-state index is 0.0419. The smallest absolute Gasteiger partial charge is 0.307 e. The molecule has 17 heavy (non-hydrogen) atoms. The van der Waals surface area contributed by atoms with E-state index >= 15 is 0 Å². The minimum Gasteiger partial charge on any atom is -0.481 e. The van der Waals surface area contributed by atoms with Crippen LogP contribution in [0.5, 0.6) is 0 Å². The van der Waals surface area contributed by atoms with Crippen LogP contribution in [-0.4, -0.2) is 59.5 Å². The number of hydrogen-bond donors (Lipinski definition) is 1. The Morgan fingerprint density at radius 1 is 1.24 bits per heavy atom. The Balaban J connectivity index is 1.97. The third kappa shape index (κ3) is 2.60. The number of carbonyl (C=O) groups excluding carboxylic acids is 1. The maximum atomic E-state index is 12.2. The first kappa shape index (κ1) is 12.4. The lowest BCUT2D eigenvalue weighted by Crippen LogP contribution is -2.43. The van der Waals surface area contributed by atoms with E-state index in [2.05, 4.69) is 11.9 Å². The summed E-state index contributed by atoms with van der Waals surface area (Å²) in [5.74, 6) is -1.49. The Kier molecular flexibility index (Phi) is 3.38. The zero-order chi connectivity index (χ0) is 12.6. The molecule has 0 bridgehead atoms. The molecule has 0 radical (unpaired) electrons. The summed E-state index contributed by atoms with van der Waals surface area (Å²) in [6.07, 6.45) is 1.49. The van der Waals surface area contributed by atoms with Gasteiger partial charge in [0, 0.05) is 19.1 Å². The fourth-order valence-electron chi connectivity index (χ4n) is 2.65. The van der Waals surface area contributed by atoms with Gasteiger partial charge in [-0.15, -0.1) is 0 Å². The molecule has 2 aliphatic rings. The quantitative estimate of drug-likeness (QED) is 0.752. The van der Waals surface area contributed by atoms with E-state index in [9.17, 15) is 9.59 Å². The summed E-state index contributed by atoms with van der Waals surface area (Å²) in [5, 5.41) is 8.86. The summed E-state index contributed by atoms with van der Waals surface area (Å²) in [6.45, 7) is 4.67. The number of carboxylic acids is 1. The molecule has 3 atom stereocenters. The zero-order valence-corrected chi connectivity index (χ0v) is 10.4. The SMILES string of the molecule is CC1CN(C)CCCN1C(=O)C1CC1C(=O)O. The second-order valence-electron chi connectivity index (χ2n) is 5.28. The van der Waals surface area contributed by atoms with Crippen LogP contribution in [0.2, 0.25) is 0 Å². The molecule has 5 nitrogen and oxygen atoms in total. The van der Waals surface area contributed by atoms with E-state index in [-0.39, 0.29) is 17.9 Å². The molecule has 2 fully saturated rings. The highest BCUT2D eigenvalue weighted by atomic mass is 16.4. The summed E-state index contributed by atoms with van der Waals surface area (Å²) in [6, 6.07) is 0.185. The molecule has 0 spiro atoms. The Labute approximate surface area is 101 Å². The second kappa shape index (κ2) is 4.64. The van der Waals surface area contributed by atoms with Gasteiger partial charge < -0.3 is 14.9 Å². The molecule has 2 rings (SSSR count). The van der Waals surface area contributed by atoms with Crippen LogP contribution in [0.25, 0.3) is 0 Å². The van der Waals surface area contributed by atoms with Crippen LogP contribution >= 0.6 is 0 Å². The molecule has 1 aliphatic carbocycles. The molecular formula is C12H20N2O3. The third-order valence-electron chi connectivity index (χ3n) is 3.75. The van der Waals surface area contributed by atoms with Crippen molar-refractivity contribution in [1.29, 1.82) is 0 Å². The monoisotopic (exact) mass is 240 g/mol. The van der Waals surface area contributed by atoms with Gasteiger partial charge in [-0.05, 0) is 33.4 Å². The molecule has 0 aromatic rings. The van der Waals surface area contributed by atoms with Crippen molar-refractivity contribution in [3.05, 3.63) is 0 Å². The lowest BCUT2D eigenvalue weighted by atomic mass is 10.2. The van der Waals surface area contributed by atoms with Crippen molar-refractivity contribution in [3.8, 4) is 0 Å². The van der Waals surface area contributed by atoms with Crippen LogP contribution in [0.1, 0.15) is 19.8 Å². The Bertz CT molecular complexity index is 332. The molecule has 5 heteroatoms. The van der Waals surface area contributed by atoms with E-state index in [4.69, 9.17) is 5.11 Å². The highest BCUT2D eigenvalue weighted by Crippen LogP contribution is 2.40. The van der Waals surface area contributed by atoms with Crippen molar-refractivity contribution in [3.63, 3.8) is 0 Å². The van der Waals surface area contributed by atoms with Crippen LogP contribution in [0, 0.1) is 11.8 Å². The number of rotatable bonds is 2. The first-order valence-corrected chi connectivity index (χ1v) is 6.22. The number of hydrogen-bond acceptors (Lipinski definition) is 3. The average Bonchev–Trinajstić information content (AvgIpc) is 3.02. The number of carboxylic acid groups (broad SMARTS) is 1. The lowest BCUT2D eigenvalue weighted by Gasteiger charge is -2.28. The first-order chi connectivity index (χ1) is 8.00. The molecule has 3 unspecified atom stereocenters. The zero-order valence-electron chi connectivity index (χ0n) is 10.4. The summed E-state index contributed by atoms with van der Waals surface area (Å²) in [4.78, 5) is 27.1. The molecular weight excluding hydrogens is 220 g/mol. The standard InChI is InChI=1S/C12H20N2O3/c1-8-7-13(2)4-3-5-14(8)11(15)9-6-10(9)12(16)17/h8-10H,3-7H2,1-2H3,(H,16,17). The highest BCUT2D eigenvalue weighted by molar-refractivity contribution is 5.89. The van der Waals surface area contributed by atoms with Crippen LogP contribution in [-0.2, 0) is 9.59 Å². The van der Waals surface area contributed by atoms with E-state index in [0.29, 0.717) is 6.42 Å². The van der Waals surface area contributed by atoms with Crippen LogP contribution in [0.4, 0.5) is 0 Å². The summed E-state index contributed by atoms with van der Waals surface area (Å²) < 4.78 is 0. The molecule has 1 heterocycles. The van der Waals surface area contributed by atoms with Crippen molar-refractivity contribution in [2.75, 3.05) is 26.7 Å². The van der Waals surface area contributed by atoms with Crippen molar-refractivity contribution >= 4 is 11.9 Å². The van der Waals surface area contributed by atoms with Crippen LogP contribution < -0.4 is 0 Å². The third-order valence-corrected chi connectivity index (χ3v) is 3.75. The van der Waals surface area contributed by atoms with Gasteiger partial charge in [0.1, 0.15) is 0 Å². The molecule has 0 aromatic carbocycles. The number of aliphatic carboxylic acids is 1. The second-order valence-corrected chi connectivity index (χ2v) is 5.28. The van der Waals surface area contributed by atoms with Gasteiger partial charge in [-0.2, -0.15) is 0 Å². The van der Waals surface area contributed by atoms with Gasteiger partial charge in [-0.1, -0.05) is 0 Å². The van der Waals surface area contributed by atoms with Gasteiger partial charge >= 0.3 is 5.97 Å². The molecule has 96 valence electrons. The largest absolute Gasteiger partial charge is 0.481 e. The van der Waals surface area contributed by atoms with Gasteiger partial charge in [-0.25, -0.2) is 0 Å². The predicted molar refractivity (Wildman–Crippen MR) is 62.5 cm³/mol. The number of likely N-dealkylation sites (N-methyl/N-ethyl adjacent to an activating group) is 1. The van der Waals surface area contributed by atoms with Gasteiger partial charge in [0.15, 0.2) is 0 Å². The minimum atomic E-state index is -0.831. The van der Waals surface area contributed by atoms with Gasteiger partial charge in [0.2, 0.25) is 5.91 Å². The number of amides is 1. The molecule has 1 N–H and O–H groups in total. The van der Waals surface area contributed by atoms with E-state index in [1.54, 1.807) is 0 Å². The molecule has 1 saturated carbocycles. The summed E-state index contributed by atoms with van der Waals surface area (Å²) in [5.41, 5.74) is 0. The van der Waals surface area contributed by atoms with Gasteiger partial charge in [-0.3, -0.25) is 9.59 Å². The van der Waals surface area contributed by atoms with E-state index < -0.39 is 11.9 Å². The van der Waals surface area contributed by atoms with Crippen molar-refractivity contribution in [2.45, 2.75) is 25.8 Å².